The SMILES string of the molecule is CCCCNC(=O)C[C@H]1[C@@H](O)[C@H]([n+]2cn(C)c3c(=O)[nH]c(N)nc32)O[C@@H]1COP(=O)(O)OP(=O)(O)OP(=O)(O)OC[C@H]1O[C@@H](n2cnc3c(N)ncnc32)[C@H](OC)[C@@H]1OP(=O)(O)OC[C@H]1O[C@@H](n2ccc(=O)[nH]c2=O)[C@H](O)[C@@H]1O. The average molecular weight is 1200 g/mol. The van der Waals surface area contributed by atoms with E-state index in [0.29, 0.717) is 6.42 Å². The summed E-state index contributed by atoms with van der Waals surface area (Å²) in [6.45, 7) is -1.22. The highest BCUT2D eigenvalue weighted by atomic mass is 31.3. The summed E-state index contributed by atoms with van der Waals surface area (Å²) in [5.74, 6) is -2.22. The van der Waals surface area contributed by atoms with E-state index >= 15 is 0 Å². The Hall–Kier alpha value is -5.11. The van der Waals surface area contributed by atoms with Gasteiger partial charge in [0.2, 0.25) is 17.7 Å². The number of nitrogens with two attached hydrogens (primary N) is 2. The van der Waals surface area contributed by atoms with Crippen LogP contribution in [-0.2, 0) is 75.8 Å². The topological polar surface area (TPSA) is 536 Å². The largest absolute Gasteiger partial charge is 0.490 e. The number of hydrogen-bond acceptors (Lipinski definition) is 27. The van der Waals surface area contributed by atoms with E-state index in [4.69, 9.17) is 48.5 Å². The van der Waals surface area contributed by atoms with Crippen molar-refractivity contribution < 1.29 is 108 Å². The number of rotatable bonds is 24. The molecule has 8 rings (SSSR count). The molecule has 8 heterocycles. The molecule has 0 saturated carbocycles. The van der Waals surface area contributed by atoms with Gasteiger partial charge in [0, 0.05) is 38.3 Å². The molecular formula is C37H54N13O25P4+. The number of anilines is 2. The number of ether oxygens (including phenoxy) is 4. The van der Waals surface area contributed by atoms with E-state index in [1.165, 1.54) is 27.1 Å². The predicted molar refractivity (Wildman–Crippen MR) is 258 cm³/mol. The van der Waals surface area contributed by atoms with Gasteiger partial charge in [0.1, 0.15) is 54.6 Å². The van der Waals surface area contributed by atoms with Crippen LogP contribution >= 0.6 is 31.3 Å². The summed E-state index contributed by atoms with van der Waals surface area (Å²) in [4.78, 5) is 113. The van der Waals surface area contributed by atoms with E-state index in [1.54, 1.807) is 0 Å². The molecule has 14 N–H and O–H groups in total. The molecule has 38 nitrogen and oxygen atoms in total. The van der Waals surface area contributed by atoms with Gasteiger partial charge >= 0.3 is 42.6 Å². The van der Waals surface area contributed by atoms with Gasteiger partial charge < -0.3 is 70.6 Å². The fourth-order valence-electron chi connectivity index (χ4n) is 8.82. The van der Waals surface area contributed by atoms with E-state index in [9.17, 15) is 72.3 Å². The number of nitrogen functional groups attached to an aromatic ring is 2. The number of imidazole rings is 2. The lowest BCUT2D eigenvalue weighted by Gasteiger charge is -2.26. The van der Waals surface area contributed by atoms with Crippen LogP contribution in [0.25, 0.3) is 22.3 Å². The number of phosphoric acid groups is 4. The van der Waals surface area contributed by atoms with Crippen LogP contribution in [-0.4, -0.2) is 167 Å². The number of aliphatic hydroxyl groups is 3. The van der Waals surface area contributed by atoms with Crippen LogP contribution < -0.4 is 38.2 Å². The third kappa shape index (κ3) is 13.5. The number of fused-ring (bicyclic) bond motifs is 2. The van der Waals surface area contributed by atoms with Crippen LogP contribution in [0.4, 0.5) is 11.8 Å². The number of phosphoric ester groups is 3. The molecule has 3 fully saturated rings. The highest BCUT2D eigenvalue weighted by Crippen LogP contribution is 2.68. The number of aromatic amines is 2. The first-order valence-electron chi connectivity index (χ1n) is 23.3. The normalized spacial score (nSPS) is 29.3. The molecule has 0 bridgehead atoms. The molecular weight excluding hydrogens is 1150 g/mol. The minimum Gasteiger partial charge on any atom is -0.387 e. The van der Waals surface area contributed by atoms with Crippen molar-refractivity contribution in [2.45, 2.75) is 93.7 Å². The first-order valence-corrected chi connectivity index (χ1v) is 29.3. The Morgan fingerprint density at radius 1 is 0.823 bits per heavy atom. The van der Waals surface area contributed by atoms with Crippen LogP contribution in [0.1, 0.15) is 44.9 Å². The van der Waals surface area contributed by atoms with E-state index in [-0.39, 0.29) is 40.6 Å². The molecule has 436 valence electrons. The van der Waals surface area contributed by atoms with E-state index < -0.39 is 154 Å². The maximum Gasteiger partial charge on any atom is 0.490 e. The summed E-state index contributed by atoms with van der Waals surface area (Å²) in [6, 6.07) is 0.922. The van der Waals surface area contributed by atoms with Gasteiger partial charge in [-0.25, -0.2) is 42.6 Å². The Morgan fingerprint density at radius 3 is 2.15 bits per heavy atom. The molecule has 79 heavy (non-hydrogen) atoms. The minimum absolute atomic E-state index is 0.00103. The number of hydrogen-bond donors (Lipinski definition) is 12. The lowest BCUT2D eigenvalue weighted by molar-refractivity contribution is -0.745. The van der Waals surface area contributed by atoms with E-state index in [0.717, 1.165) is 43.0 Å². The number of amides is 1. The molecule has 42 heteroatoms. The molecule has 0 spiro atoms. The standard InChI is InChI=1S/C37H53N13O25P4/c1-4-5-7-40-21(52)9-16-17(70-33(24(16)53)50-15-47(2)23-31(50)45-36(39)46-32(23)56)10-68-77(60,61)74-79(64,65)75-78(62,63)69-12-19-27(28(66-3)35(72-19)49-14-43-22-29(38)41-13-42-30(22)49)73-76(58,59)67-11-18-25(54)26(55)34(71-18)48-8-6-20(51)44-37(48)57/h6,8,13-19,24-28,33-35,53-55H,4-5,7,9-12H2,1-3H3,(H10-,38,39,40,41,42,44,45,46,51,52,56,57,58,59,60,61,62,63,64,65)/p+1/t16-,17-,18-,19-,24-,25-,26-,27-,28-,33-,34-,35-/m1/s1. The third-order valence-electron chi connectivity index (χ3n) is 12.4. The molecule has 5 aromatic rings. The molecule has 3 aliphatic heterocycles. The van der Waals surface area contributed by atoms with Gasteiger partial charge in [0.15, 0.2) is 30.2 Å². The first kappa shape index (κ1) is 60.0. The zero-order valence-electron chi connectivity index (χ0n) is 41.3. The van der Waals surface area contributed by atoms with Crippen LogP contribution in [0.15, 0.2) is 45.6 Å². The van der Waals surface area contributed by atoms with Crippen molar-refractivity contribution in [3.05, 3.63) is 62.4 Å². The predicted octanol–water partition coefficient (Wildman–Crippen LogP) is -3.31. The number of unbranched alkanes of at least 4 members (excludes halogenated alkanes) is 1. The molecule has 16 atom stereocenters. The first-order chi connectivity index (χ1) is 37.1. The van der Waals surface area contributed by atoms with Gasteiger partial charge in [-0.2, -0.15) is 8.62 Å². The van der Waals surface area contributed by atoms with Gasteiger partial charge in [0.05, 0.1) is 39.3 Å². The molecule has 1 amide bonds. The fraction of sp³-hybridized carbons (Fsp3) is 0.595. The number of methoxy groups -OCH3 is 1. The Labute approximate surface area is 441 Å². The number of nitrogens with one attached hydrogen (secondary N) is 3. The smallest absolute Gasteiger partial charge is 0.387 e. The van der Waals surface area contributed by atoms with Crippen LogP contribution in [0, 0.1) is 5.92 Å². The van der Waals surface area contributed by atoms with Gasteiger partial charge in [-0.3, -0.25) is 56.1 Å². The maximum atomic E-state index is 13.6. The fourth-order valence-corrected chi connectivity index (χ4v) is 13.3. The summed E-state index contributed by atoms with van der Waals surface area (Å²) in [6.07, 6.45) is -13.0. The Bertz CT molecular complexity index is 3430. The van der Waals surface area contributed by atoms with E-state index in [1.807, 2.05) is 11.9 Å². The van der Waals surface area contributed by atoms with Gasteiger partial charge in [-0.1, -0.05) is 18.3 Å². The Balaban J connectivity index is 0.950. The number of nitrogens with zero attached hydrogens (tertiary/aromatic N) is 8. The van der Waals surface area contributed by atoms with Gasteiger partial charge in [0.25, 0.3) is 17.1 Å². The molecule has 0 radical (unpaired) electrons. The monoisotopic (exact) mass is 1200 g/mol. The average Bonchev–Trinajstić information content (AvgIpc) is 4.39. The summed E-state index contributed by atoms with van der Waals surface area (Å²) < 4.78 is 110. The van der Waals surface area contributed by atoms with Crippen molar-refractivity contribution >= 4 is 71.3 Å². The summed E-state index contributed by atoms with van der Waals surface area (Å²) in [5.41, 5.74) is 9.18. The number of aromatic nitrogens is 10. The van der Waals surface area contributed by atoms with Crippen LogP contribution in [0.2, 0.25) is 0 Å². The second-order valence-corrected chi connectivity index (χ2v) is 23.8. The highest BCUT2D eigenvalue weighted by molar-refractivity contribution is 7.66. The van der Waals surface area contributed by atoms with Crippen molar-refractivity contribution in [1.82, 2.24) is 48.9 Å². The number of carbonyl (C=O) groups excluding carboxylic acids is 1. The van der Waals surface area contributed by atoms with Crippen molar-refractivity contribution in [3.63, 3.8) is 0 Å². The van der Waals surface area contributed by atoms with Crippen molar-refractivity contribution in [3.8, 4) is 0 Å². The van der Waals surface area contributed by atoms with E-state index in [2.05, 4.69) is 38.9 Å². The molecule has 0 aromatic carbocycles. The summed E-state index contributed by atoms with van der Waals surface area (Å²) in [5, 5.41) is 35.5. The lowest BCUT2D eigenvalue weighted by Crippen LogP contribution is -2.45. The highest BCUT2D eigenvalue weighted by Gasteiger charge is 2.54. The maximum absolute atomic E-state index is 13.6. The molecule has 3 saturated heterocycles. The molecule has 5 aromatic heterocycles. The second-order valence-electron chi connectivity index (χ2n) is 17.8. The molecule has 0 aliphatic carbocycles. The van der Waals surface area contributed by atoms with Crippen LogP contribution in [0.3, 0.4) is 0 Å². The number of aliphatic hydroxyl groups excluding tert-OH is 3. The van der Waals surface area contributed by atoms with Crippen molar-refractivity contribution in [2.75, 3.05) is 44.9 Å². The summed E-state index contributed by atoms with van der Waals surface area (Å²) >= 11 is 0. The van der Waals surface area contributed by atoms with Crippen molar-refractivity contribution in [2.24, 2.45) is 13.0 Å². The number of aryl methyl sites for hydroxylation is 1. The van der Waals surface area contributed by atoms with Crippen molar-refractivity contribution in [1.29, 1.82) is 0 Å². The third-order valence-corrected chi connectivity index (χ3v) is 17.7. The number of carbonyl (C=O) groups is 1. The zero-order chi connectivity index (χ0) is 57.5. The quantitative estimate of drug-likeness (QED) is 0.0163. The lowest BCUT2D eigenvalue weighted by atomic mass is 9.94. The summed E-state index contributed by atoms with van der Waals surface area (Å²) in [7, 11) is -21.0. The van der Waals surface area contributed by atoms with Gasteiger partial charge in [-0.15, -0.1) is 0 Å². The molecule has 4 unspecified atom stereocenters. The second kappa shape index (κ2) is 23.8. The Morgan fingerprint density at radius 2 is 1.48 bits per heavy atom. The van der Waals surface area contributed by atoms with Gasteiger partial charge in [-0.05, 0) is 6.42 Å². The number of H-pyrrole nitrogens is 2. The Kier molecular flexibility index (Phi) is 18.1. The zero-order valence-corrected chi connectivity index (χ0v) is 44.8. The molecule has 3 aliphatic rings. The minimum atomic E-state index is -6.24. The van der Waals surface area contributed by atoms with Crippen LogP contribution in [0.5, 0.6) is 0 Å².